The van der Waals surface area contributed by atoms with Crippen LogP contribution in [0.25, 0.3) is 0 Å². The van der Waals surface area contributed by atoms with Gasteiger partial charge in [-0.1, -0.05) is 48.5 Å². The van der Waals surface area contributed by atoms with E-state index in [9.17, 15) is 0 Å². The van der Waals surface area contributed by atoms with Crippen LogP contribution in [0.15, 0.2) is 58.5 Å². The quantitative estimate of drug-likeness (QED) is 0.913. The largest absolute Gasteiger partial charge is 0.474 e. The Morgan fingerprint density at radius 2 is 1.22 bits per heavy atom. The highest BCUT2D eigenvalue weighted by Gasteiger charge is 2.40. The van der Waals surface area contributed by atoms with E-state index >= 15 is 0 Å². The van der Waals surface area contributed by atoms with Crippen molar-refractivity contribution in [1.29, 1.82) is 0 Å². The van der Waals surface area contributed by atoms with E-state index in [1.807, 2.05) is 0 Å². The van der Waals surface area contributed by atoms with E-state index in [0.717, 1.165) is 24.6 Å². The monoisotopic (exact) mass is 359 g/mol. The first-order valence-electron chi connectivity index (χ1n) is 9.68. The number of hydrogen-bond acceptors (Lipinski definition) is 5. The van der Waals surface area contributed by atoms with Crippen molar-refractivity contribution in [1.82, 2.24) is 5.32 Å². The molecule has 0 saturated heterocycles. The molecular weight excluding hydrogens is 338 g/mol. The highest BCUT2D eigenvalue weighted by Crippen LogP contribution is 2.40. The molecule has 0 amide bonds. The molecule has 0 fully saturated rings. The summed E-state index contributed by atoms with van der Waals surface area (Å²) in [6.45, 7) is 1.23. The minimum absolute atomic E-state index is 0.161. The summed E-state index contributed by atoms with van der Waals surface area (Å²) in [7, 11) is 0. The van der Waals surface area contributed by atoms with Crippen molar-refractivity contribution in [3.63, 3.8) is 0 Å². The van der Waals surface area contributed by atoms with Gasteiger partial charge in [0.05, 0.1) is 13.1 Å². The highest BCUT2D eigenvalue weighted by atomic mass is 16.5. The molecule has 2 aromatic carbocycles. The summed E-state index contributed by atoms with van der Waals surface area (Å²) in [6, 6.07) is 17.3. The van der Waals surface area contributed by atoms with Crippen LogP contribution in [-0.2, 0) is 22.3 Å². The standard InChI is InChI=1S/C22H21N3O2/c1-3-7-15-13(5-1)9-17-21(15)24-19(26-17)11-23-12-20-25-22-16-8-4-2-6-14(16)10-18(22)27-20/h1-8,17-18,21-23H,9-12H2/t17-,18+,21+,22-. The molecule has 2 heterocycles. The predicted octanol–water partition coefficient (Wildman–Crippen LogP) is 2.77. The smallest absolute Gasteiger partial charge is 0.198 e. The van der Waals surface area contributed by atoms with Crippen LogP contribution >= 0.6 is 0 Å². The Morgan fingerprint density at radius 3 is 1.74 bits per heavy atom. The molecule has 5 nitrogen and oxygen atoms in total. The Labute approximate surface area is 158 Å². The summed E-state index contributed by atoms with van der Waals surface area (Å²) in [4.78, 5) is 9.59. The lowest BCUT2D eigenvalue weighted by Gasteiger charge is -2.11. The number of benzene rings is 2. The van der Waals surface area contributed by atoms with Crippen LogP contribution < -0.4 is 5.32 Å². The van der Waals surface area contributed by atoms with Gasteiger partial charge in [-0.2, -0.15) is 0 Å². The molecule has 4 aliphatic rings. The molecule has 2 aliphatic heterocycles. The summed E-state index contributed by atoms with van der Waals surface area (Å²) in [5, 5.41) is 3.38. The number of rotatable bonds is 4. The van der Waals surface area contributed by atoms with Gasteiger partial charge in [0.1, 0.15) is 24.3 Å². The third kappa shape index (κ3) is 2.49. The molecule has 0 unspecified atom stereocenters. The first-order chi connectivity index (χ1) is 13.3. The maximum atomic E-state index is 6.06. The molecule has 0 spiro atoms. The first kappa shape index (κ1) is 15.4. The lowest BCUT2D eigenvalue weighted by atomic mass is 10.1. The average Bonchev–Trinajstić information content (AvgIpc) is 3.40. The predicted molar refractivity (Wildman–Crippen MR) is 103 cm³/mol. The summed E-state index contributed by atoms with van der Waals surface area (Å²) in [5.41, 5.74) is 5.35. The summed E-state index contributed by atoms with van der Waals surface area (Å²) < 4.78 is 12.1. The molecule has 2 aliphatic carbocycles. The molecule has 6 rings (SSSR count). The zero-order valence-corrected chi connectivity index (χ0v) is 15.0. The van der Waals surface area contributed by atoms with Gasteiger partial charge >= 0.3 is 0 Å². The van der Waals surface area contributed by atoms with Crippen molar-refractivity contribution in [2.75, 3.05) is 13.1 Å². The number of aliphatic imine (C=N–C) groups is 2. The van der Waals surface area contributed by atoms with Crippen molar-refractivity contribution in [2.24, 2.45) is 9.98 Å². The lowest BCUT2D eigenvalue weighted by Crippen LogP contribution is -2.30. The molecule has 136 valence electrons. The van der Waals surface area contributed by atoms with Crippen molar-refractivity contribution in [2.45, 2.75) is 37.1 Å². The molecule has 0 radical (unpaired) electrons. The van der Waals surface area contributed by atoms with Gasteiger partial charge in [0, 0.05) is 12.8 Å². The zero-order chi connectivity index (χ0) is 17.8. The molecular formula is C22H21N3O2. The van der Waals surface area contributed by atoms with E-state index in [4.69, 9.17) is 19.5 Å². The molecule has 27 heavy (non-hydrogen) atoms. The Balaban J connectivity index is 1.08. The van der Waals surface area contributed by atoms with Crippen LogP contribution in [0.3, 0.4) is 0 Å². The highest BCUT2D eigenvalue weighted by molar-refractivity contribution is 5.83. The number of nitrogens with one attached hydrogen (secondary N) is 1. The van der Waals surface area contributed by atoms with Crippen LogP contribution in [0.4, 0.5) is 0 Å². The van der Waals surface area contributed by atoms with E-state index in [1.165, 1.54) is 22.3 Å². The molecule has 0 aromatic heterocycles. The van der Waals surface area contributed by atoms with E-state index < -0.39 is 0 Å². The third-order valence-corrected chi connectivity index (χ3v) is 5.99. The zero-order valence-electron chi connectivity index (χ0n) is 15.0. The average molecular weight is 359 g/mol. The third-order valence-electron chi connectivity index (χ3n) is 5.99. The van der Waals surface area contributed by atoms with Crippen LogP contribution in [0.5, 0.6) is 0 Å². The fraction of sp³-hybridized carbons (Fsp3) is 0.364. The van der Waals surface area contributed by atoms with E-state index in [-0.39, 0.29) is 24.3 Å². The fourth-order valence-corrected chi connectivity index (χ4v) is 4.76. The normalized spacial score (nSPS) is 29.2. The van der Waals surface area contributed by atoms with Crippen LogP contribution in [0.1, 0.15) is 34.3 Å². The van der Waals surface area contributed by atoms with Gasteiger partial charge in [0.15, 0.2) is 11.8 Å². The van der Waals surface area contributed by atoms with Crippen LogP contribution in [-0.4, -0.2) is 37.1 Å². The van der Waals surface area contributed by atoms with Crippen molar-refractivity contribution in [3.8, 4) is 0 Å². The Kier molecular flexibility index (Phi) is 3.38. The number of nitrogens with zero attached hydrogens (tertiary/aromatic N) is 2. The van der Waals surface area contributed by atoms with Crippen molar-refractivity contribution < 1.29 is 9.47 Å². The molecule has 2 aromatic rings. The molecule has 4 atom stereocenters. The van der Waals surface area contributed by atoms with Crippen LogP contribution in [0, 0.1) is 0 Å². The Morgan fingerprint density at radius 1 is 0.741 bits per heavy atom. The minimum Gasteiger partial charge on any atom is -0.474 e. The first-order valence-corrected chi connectivity index (χ1v) is 9.68. The van der Waals surface area contributed by atoms with E-state index in [0.29, 0.717) is 13.1 Å². The molecule has 1 N–H and O–H groups in total. The van der Waals surface area contributed by atoms with Gasteiger partial charge in [-0.05, 0) is 22.3 Å². The van der Waals surface area contributed by atoms with E-state index in [2.05, 4.69) is 53.8 Å². The Hall–Kier alpha value is -2.66. The number of hydrogen-bond donors (Lipinski definition) is 1. The fourth-order valence-electron chi connectivity index (χ4n) is 4.76. The minimum atomic E-state index is 0.161. The maximum Gasteiger partial charge on any atom is 0.198 e. The maximum absolute atomic E-state index is 6.06. The second-order valence-corrected chi connectivity index (χ2v) is 7.66. The van der Waals surface area contributed by atoms with E-state index in [1.54, 1.807) is 0 Å². The van der Waals surface area contributed by atoms with Gasteiger partial charge in [-0.25, -0.2) is 9.98 Å². The molecule has 0 saturated carbocycles. The van der Waals surface area contributed by atoms with Crippen molar-refractivity contribution in [3.05, 3.63) is 70.8 Å². The second kappa shape index (κ2) is 5.92. The topological polar surface area (TPSA) is 55.2 Å². The Bertz CT molecular complexity index is 890. The van der Waals surface area contributed by atoms with Gasteiger partial charge < -0.3 is 14.8 Å². The van der Waals surface area contributed by atoms with Gasteiger partial charge in [-0.3, -0.25) is 0 Å². The number of fused-ring (bicyclic) bond motifs is 6. The molecule has 5 heteroatoms. The summed E-state index contributed by atoms with van der Waals surface area (Å²) in [6.07, 6.45) is 2.23. The molecule has 0 bridgehead atoms. The van der Waals surface area contributed by atoms with Crippen LogP contribution in [0.2, 0.25) is 0 Å². The SMILES string of the molecule is c1ccc2c(c1)C[C@@H]1OC(CNCC3=N[C@H]4c5ccccc5C[C@H]4O3)=N[C@H]21. The second-order valence-electron chi connectivity index (χ2n) is 7.66. The lowest BCUT2D eigenvalue weighted by molar-refractivity contribution is 0.199. The van der Waals surface area contributed by atoms with Gasteiger partial charge in [-0.15, -0.1) is 0 Å². The number of ether oxygens (including phenoxy) is 2. The van der Waals surface area contributed by atoms with Gasteiger partial charge in [0.25, 0.3) is 0 Å². The van der Waals surface area contributed by atoms with Crippen molar-refractivity contribution >= 4 is 11.8 Å². The summed E-state index contributed by atoms with van der Waals surface area (Å²) in [5.74, 6) is 1.59. The van der Waals surface area contributed by atoms with Gasteiger partial charge in [0.2, 0.25) is 0 Å². The summed E-state index contributed by atoms with van der Waals surface area (Å²) >= 11 is 0.